The van der Waals surface area contributed by atoms with Crippen molar-refractivity contribution in [2.45, 2.75) is 25.8 Å². The Labute approximate surface area is 172 Å². The highest BCUT2D eigenvalue weighted by Crippen LogP contribution is 2.27. The van der Waals surface area contributed by atoms with Gasteiger partial charge in [-0.15, -0.1) is 0 Å². The first-order chi connectivity index (χ1) is 14.0. The summed E-state index contributed by atoms with van der Waals surface area (Å²) >= 11 is 0. The van der Waals surface area contributed by atoms with Gasteiger partial charge in [-0.25, -0.2) is 4.68 Å². The molecule has 150 valence electrons. The van der Waals surface area contributed by atoms with Crippen LogP contribution in [0, 0.1) is 6.92 Å². The van der Waals surface area contributed by atoms with E-state index in [0.717, 1.165) is 42.9 Å². The van der Waals surface area contributed by atoms with Crippen LogP contribution in [-0.2, 0) is 0 Å². The molecule has 1 fully saturated rings. The van der Waals surface area contributed by atoms with Gasteiger partial charge in [-0.05, 0) is 52.0 Å². The SMILES string of the molecule is Cc1ccc(-c2nn(-c3ccccc3)cc2C(=O)N(C)C2CCN(C)CC2)cc1. The molecule has 3 aromatic rings. The molecular weight excluding hydrogens is 360 g/mol. The predicted octanol–water partition coefficient (Wildman–Crippen LogP) is 4.01. The van der Waals surface area contributed by atoms with Gasteiger partial charge in [-0.3, -0.25) is 4.79 Å². The number of para-hydroxylation sites is 1. The predicted molar refractivity (Wildman–Crippen MR) is 116 cm³/mol. The maximum Gasteiger partial charge on any atom is 0.257 e. The van der Waals surface area contributed by atoms with Crippen LogP contribution in [0.3, 0.4) is 0 Å². The second-order valence-corrected chi connectivity index (χ2v) is 7.99. The van der Waals surface area contributed by atoms with Gasteiger partial charge in [0, 0.05) is 24.8 Å². The third-order valence-electron chi connectivity index (χ3n) is 5.85. The molecule has 1 saturated heterocycles. The maximum atomic E-state index is 13.5. The van der Waals surface area contributed by atoms with Crippen molar-refractivity contribution in [2.75, 3.05) is 27.2 Å². The lowest BCUT2D eigenvalue weighted by Crippen LogP contribution is -2.44. The molecule has 0 atom stereocenters. The van der Waals surface area contributed by atoms with Gasteiger partial charge in [0.15, 0.2) is 0 Å². The molecular formula is C24H28N4O. The van der Waals surface area contributed by atoms with Crippen LogP contribution in [0.1, 0.15) is 28.8 Å². The van der Waals surface area contributed by atoms with Gasteiger partial charge < -0.3 is 9.80 Å². The van der Waals surface area contributed by atoms with E-state index in [1.165, 1.54) is 5.56 Å². The topological polar surface area (TPSA) is 41.4 Å². The quantitative estimate of drug-likeness (QED) is 0.678. The number of piperidine rings is 1. The van der Waals surface area contributed by atoms with Crippen LogP contribution in [0.5, 0.6) is 0 Å². The van der Waals surface area contributed by atoms with Crippen molar-refractivity contribution >= 4 is 5.91 Å². The second kappa shape index (κ2) is 8.21. The largest absolute Gasteiger partial charge is 0.339 e. The molecule has 5 nitrogen and oxygen atoms in total. The minimum Gasteiger partial charge on any atom is -0.339 e. The Kier molecular flexibility index (Phi) is 5.49. The zero-order valence-corrected chi connectivity index (χ0v) is 17.4. The first-order valence-electron chi connectivity index (χ1n) is 10.2. The molecule has 1 aliphatic heterocycles. The van der Waals surface area contributed by atoms with E-state index in [1.807, 2.05) is 65.3 Å². The molecule has 1 aromatic heterocycles. The van der Waals surface area contributed by atoms with Crippen LogP contribution in [-0.4, -0.2) is 58.7 Å². The van der Waals surface area contributed by atoms with Crippen molar-refractivity contribution in [2.24, 2.45) is 0 Å². The summed E-state index contributed by atoms with van der Waals surface area (Å²) in [5, 5.41) is 4.80. The molecule has 0 aliphatic carbocycles. The summed E-state index contributed by atoms with van der Waals surface area (Å²) in [7, 11) is 4.06. The number of hydrogen-bond acceptors (Lipinski definition) is 3. The fraction of sp³-hybridized carbons (Fsp3) is 0.333. The molecule has 4 rings (SSSR count). The summed E-state index contributed by atoms with van der Waals surface area (Å²) in [6.45, 7) is 4.11. The van der Waals surface area contributed by atoms with Crippen molar-refractivity contribution < 1.29 is 4.79 Å². The summed E-state index contributed by atoms with van der Waals surface area (Å²) < 4.78 is 1.81. The highest BCUT2D eigenvalue weighted by molar-refractivity contribution is 6.00. The van der Waals surface area contributed by atoms with Crippen LogP contribution >= 0.6 is 0 Å². The Morgan fingerprint density at radius 3 is 2.34 bits per heavy atom. The third kappa shape index (κ3) is 4.10. The van der Waals surface area contributed by atoms with Crippen molar-refractivity contribution in [1.82, 2.24) is 19.6 Å². The van der Waals surface area contributed by atoms with Crippen molar-refractivity contribution in [3.05, 3.63) is 71.9 Å². The van der Waals surface area contributed by atoms with E-state index in [9.17, 15) is 4.79 Å². The Morgan fingerprint density at radius 1 is 1.03 bits per heavy atom. The van der Waals surface area contributed by atoms with Crippen LogP contribution in [0.15, 0.2) is 60.8 Å². The van der Waals surface area contributed by atoms with E-state index >= 15 is 0 Å². The van der Waals surface area contributed by atoms with E-state index < -0.39 is 0 Å². The van der Waals surface area contributed by atoms with Crippen LogP contribution in [0.25, 0.3) is 16.9 Å². The summed E-state index contributed by atoms with van der Waals surface area (Å²) in [6.07, 6.45) is 3.88. The van der Waals surface area contributed by atoms with Gasteiger partial charge in [0.05, 0.1) is 11.3 Å². The number of aryl methyl sites for hydroxylation is 1. The number of aromatic nitrogens is 2. The van der Waals surface area contributed by atoms with Gasteiger partial charge in [-0.2, -0.15) is 5.10 Å². The molecule has 0 spiro atoms. The number of hydrogen-bond donors (Lipinski definition) is 0. The van der Waals surface area contributed by atoms with E-state index in [1.54, 1.807) is 0 Å². The highest BCUT2D eigenvalue weighted by Gasteiger charge is 2.28. The molecule has 0 radical (unpaired) electrons. The second-order valence-electron chi connectivity index (χ2n) is 7.99. The molecule has 0 saturated carbocycles. The number of carbonyl (C=O) groups is 1. The smallest absolute Gasteiger partial charge is 0.257 e. The standard InChI is InChI=1S/C24H28N4O/c1-18-9-11-19(12-10-18)23-22(17-28(25-23)21-7-5-4-6-8-21)24(29)27(3)20-13-15-26(2)16-14-20/h4-12,17,20H,13-16H2,1-3H3. The van der Waals surface area contributed by atoms with Gasteiger partial charge in [-0.1, -0.05) is 48.0 Å². The fourth-order valence-electron chi connectivity index (χ4n) is 3.91. The van der Waals surface area contributed by atoms with Gasteiger partial charge in [0.25, 0.3) is 5.91 Å². The minimum atomic E-state index is 0.0392. The van der Waals surface area contributed by atoms with Crippen molar-refractivity contribution in [3.8, 4) is 16.9 Å². The Bertz CT molecular complexity index is 970. The average molecular weight is 389 g/mol. The maximum absolute atomic E-state index is 13.5. The monoisotopic (exact) mass is 388 g/mol. The van der Waals surface area contributed by atoms with Gasteiger partial charge in [0.2, 0.25) is 0 Å². The van der Waals surface area contributed by atoms with Crippen LogP contribution in [0.4, 0.5) is 0 Å². The molecule has 0 unspecified atom stereocenters. The van der Waals surface area contributed by atoms with E-state index in [-0.39, 0.29) is 11.9 Å². The Balaban J connectivity index is 1.71. The first kappa shape index (κ1) is 19.4. The molecule has 29 heavy (non-hydrogen) atoms. The van der Waals surface area contributed by atoms with Crippen LogP contribution in [0.2, 0.25) is 0 Å². The Morgan fingerprint density at radius 2 is 1.69 bits per heavy atom. The van der Waals surface area contributed by atoms with E-state index in [2.05, 4.69) is 31.0 Å². The summed E-state index contributed by atoms with van der Waals surface area (Å²) in [4.78, 5) is 17.7. The van der Waals surface area contributed by atoms with Crippen LogP contribution < -0.4 is 0 Å². The zero-order chi connectivity index (χ0) is 20.4. The number of amides is 1. The number of carbonyl (C=O) groups excluding carboxylic acids is 1. The third-order valence-corrected chi connectivity index (χ3v) is 5.85. The lowest BCUT2D eigenvalue weighted by molar-refractivity contribution is 0.0660. The molecule has 5 heteroatoms. The first-order valence-corrected chi connectivity index (χ1v) is 10.2. The number of nitrogens with zero attached hydrogens (tertiary/aromatic N) is 4. The highest BCUT2D eigenvalue weighted by atomic mass is 16.2. The molecule has 0 bridgehead atoms. The van der Waals surface area contributed by atoms with E-state index in [0.29, 0.717) is 5.56 Å². The molecule has 1 amide bonds. The van der Waals surface area contributed by atoms with Crippen molar-refractivity contribution in [3.63, 3.8) is 0 Å². The van der Waals surface area contributed by atoms with Gasteiger partial charge in [0.1, 0.15) is 5.69 Å². The number of benzene rings is 2. The van der Waals surface area contributed by atoms with E-state index in [4.69, 9.17) is 5.10 Å². The normalized spacial score (nSPS) is 15.4. The molecule has 1 aliphatic rings. The summed E-state index contributed by atoms with van der Waals surface area (Å²) in [5.41, 5.74) is 4.48. The molecule has 2 heterocycles. The average Bonchev–Trinajstić information content (AvgIpc) is 3.20. The van der Waals surface area contributed by atoms with Gasteiger partial charge >= 0.3 is 0 Å². The molecule has 0 N–H and O–H groups in total. The zero-order valence-electron chi connectivity index (χ0n) is 17.4. The Hall–Kier alpha value is -2.92. The minimum absolute atomic E-state index is 0.0392. The summed E-state index contributed by atoms with van der Waals surface area (Å²) in [5.74, 6) is 0.0392. The number of likely N-dealkylation sites (tertiary alicyclic amines) is 1. The van der Waals surface area contributed by atoms with Crippen molar-refractivity contribution in [1.29, 1.82) is 0 Å². The lowest BCUT2D eigenvalue weighted by Gasteiger charge is -2.35. The number of rotatable bonds is 4. The molecule has 2 aromatic carbocycles. The fourth-order valence-corrected chi connectivity index (χ4v) is 3.91. The summed E-state index contributed by atoms with van der Waals surface area (Å²) in [6, 6.07) is 18.4. The lowest BCUT2D eigenvalue weighted by atomic mass is 10.0.